The zero-order valence-electron chi connectivity index (χ0n) is 15.4. The summed E-state index contributed by atoms with van der Waals surface area (Å²) in [7, 11) is 0. The molecule has 0 saturated heterocycles. The zero-order valence-corrected chi connectivity index (χ0v) is 15.4. The van der Waals surface area contributed by atoms with Gasteiger partial charge >= 0.3 is 0 Å². The summed E-state index contributed by atoms with van der Waals surface area (Å²) in [6.07, 6.45) is 2.34. The Bertz CT molecular complexity index is 953. The van der Waals surface area contributed by atoms with Crippen molar-refractivity contribution >= 4 is 23.1 Å². The van der Waals surface area contributed by atoms with E-state index in [4.69, 9.17) is 0 Å². The number of hydrogen-bond acceptors (Lipinski definition) is 4. The number of pyridine rings is 1. The molecule has 1 heterocycles. The van der Waals surface area contributed by atoms with Gasteiger partial charge < -0.3 is 10.6 Å². The van der Waals surface area contributed by atoms with Crippen LogP contribution < -0.4 is 10.6 Å². The molecule has 1 aromatic heterocycles. The van der Waals surface area contributed by atoms with Gasteiger partial charge in [-0.15, -0.1) is 0 Å². The van der Waals surface area contributed by atoms with Gasteiger partial charge in [0, 0.05) is 17.8 Å². The third-order valence-corrected chi connectivity index (χ3v) is 4.20. The number of rotatable bonds is 7. The quantitative estimate of drug-likeness (QED) is 0.601. The van der Waals surface area contributed by atoms with Gasteiger partial charge in [-0.1, -0.05) is 12.1 Å². The van der Waals surface area contributed by atoms with Crippen LogP contribution in [-0.2, 0) is 6.42 Å². The van der Waals surface area contributed by atoms with E-state index in [0.717, 1.165) is 17.7 Å². The molecule has 0 fully saturated rings. The monoisotopic (exact) mass is 377 g/mol. The molecule has 6 heteroatoms. The molecule has 5 nitrogen and oxygen atoms in total. The van der Waals surface area contributed by atoms with Crippen molar-refractivity contribution in [2.75, 3.05) is 17.2 Å². The topological polar surface area (TPSA) is 71.1 Å². The number of nitrogens with zero attached hydrogens (tertiary/aromatic N) is 1. The second-order valence-electron chi connectivity index (χ2n) is 6.32. The third-order valence-electron chi connectivity index (χ3n) is 4.20. The van der Waals surface area contributed by atoms with E-state index in [9.17, 15) is 14.0 Å². The van der Waals surface area contributed by atoms with Gasteiger partial charge in [0.25, 0.3) is 5.91 Å². The Kier molecular flexibility index (Phi) is 6.11. The summed E-state index contributed by atoms with van der Waals surface area (Å²) < 4.78 is 12.9. The fourth-order valence-electron chi connectivity index (χ4n) is 2.62. The van der Waals surface area contributed by atoms with Crippen LogP contribution >= 0.6 is 0 Å². The van der Waals surface area contributed by atoms with E-state index in [-0.39, 0.29) is 17.5 Å². The van der Waals surface area contributed by atoms with Crippen LogP contribution in [0.25, 0.3) is 0 Å². The van der Waals surface area contributed by atoms with Crippen molar-refractivity contribution in [1.29, 1.82) is 0 Å². The average molecular weight is 377 g/mol. The van der Waals surface area contributed by atoms with Gasteiger partial charge in [0.15, 0.2) is 5.78 Å². The number of nitrogens with one attached hydrogen (secondary N) is 2. The van der Waals surface area contributed by atoms with Gasteiger partial charge in [-0.2, -0.15) is 0 Å². The highest BCUT2D eigenvalue weighted by Crippen LogP contribution is 2.13. The van der Waals surface area contributed by atoms with Crippen molar-refractivity contribution in [3.8, 4) is 0 Å². The third kappa shape index (κ3) is 5.23. The summed E-state index contributed by atoms with van der Waals surface area (Å²) >= 11 is 0. The van der Waals surface area contributed by atoms with Crippen LogP contribution in [0.4, 0.5) is 15.8 Å². The van der Waals surface area contributed by atoms with E-state index in [1.54, 1.807) is 54.7 Å². The van der Waals surface area contributed by atoms with Gasteiger partial charge in [-0.25, -0.2) is 9.37 Å². The van der Waals surface area contributed by atoms with Crippen LogP contribution in [0.15, 0.2) is 66.9 Å². The summed E-state index contributed by atoms with van der Waals surface area (Å²) in [5.74, 6) is -0.597. The number of anilines is 2. The van der Waals surface area contributed by atoms with E-state index in [0.29, 0.717) is 23.5 Å². The van der Waals surface area contributed by atoms with Crippen LogP contribution in [0.2, 0.25) is 0 Å². The Morgan fingerprint density at radius 3 is 2.21 bits per heavy atom. The second-order valence-corrected chi connectivity index (χ2v) is 6.32. The van der Waals surface area contributed by atoms with Gasteiger partial charge in [-0.3, -0.25) is 9.59 Å². The van der Waals surface area contributed by atoms with Crippen LogP contribution in [0.5, 0.6) is 0 Å². The highest BCUT2D eigenvalue weighted by Gasteiger charge is 2.08. The molecule has 0 spiro atoms. The normalized spacial score (nSPS) is 10.4. The maximum absolute atomic E-state index is 12.9. The molecule has 2 N–H and O–H groups in total. The number of aromatic nitrogens is 1. The highest BCUT2D eigenvalue weighted by atomic mass is 19.1. The number of carbonyl (C=O) groups excluding carboxylic acids is 2. The molecule has 0 atom stereocenters. The van der Waals surface area contributed by atoms with Gasteiger partial charge in [-0.05, 0) is 67.4 Å². The number of ketones is 1. The Morgan fingerprint density at radius 1 is 0.929 bits per heavy atom. The lowest BCUT2D eigenvalue weighted by atomic mass is 10.1. The second kappa shape index (κ2) is 8.90. The molecule has 0 aliphatic rings. The summed E-state index contributed by atoms with van der Waals surface area (Å²) in [5, 5.41) is 5.97. The maximum atomic E-state index is 12.9. The molecule has 0 bridgehead atoms. The first kappa shape index (κ1) is 19.2. The van der Waals surface area contributed by atoms with Crippen LogP contribution in [0.1, 0.15) is 33.3 Å². The SMILES string of the molecule is CC(=O)c1ccc(NC(=O)c2ccc(NCCc3ccc(F)cc3)cn2)cc1. The van der Waals surface area contributed by atoms with E-state index >= 15 is 0 Å². The highest BCUT2D eigenvalue weighted by molar-refractivity contribution is 6.03. The van der Waals surface area contributed by atoms with Crippen molar-refractivity contribution in [3.63, 3.8) is 0 Å². The lowest BCUT2D eigenvalue weighted by Crippen LogP contribution is -2.14. The molecule has 0 aliphatic heterocycles. The lowest BCUT2D eigenvalue weighted by molar-refractivity contribution is 0.101. The van der Waals surface area contributed by atoms with Gasteiger partial charge in [0.1, 0.15) is 11.5 Å². The molecule has 1 amide bonds. The van der Waals surface area contributed by atoms with Crippen molar-refractivity contribution in [2.24, 2.45) is 0 Å². The van der Waals surface area contributed by atoms with Crippen molar-refractivity contribution < 1.29 is 14.0 Å². The predicted molar refractivity (Wildman–Crippen MR) is 107 cm³/mol. The minimum Gasteiger partial charge on any atom is -0.383 e. The number of amides is 1. The lowest BCUT2D eigenvalue weighted by Gasteiger charge is -2.08. The Hall–Kier alpha value is -3.54. The molecule has 28 heavy (non-hydrogen) atoms. The van der Waals surface area contributed by atoms with E-state index in [1.165, 1.54) is 19.1 Å². The van der Waals surface area contributed by atoms with Crippen LogP contribution in [0, 0.1) is 5.82 Å². The number of halogens is 1. The first-order valence-corrected chi connectivity index (χ1v) is 8.88. The van der Waals surface area contributed by atoms with E-state index < -0.39 is 0 Å². The molecular weight excluding hydrogens is 357 g/mol. The average Bonchev–Trinajstić information content (AvgIpc) is 2.70. The first-order valence-electron chi connectivity index (χ1n) is 8.88. The minimum atomic E-state index is -0.326. The Balaban J connectivity index is 1.52. The van der Waals surface area contributed by atoms with Crippen molar-refractivity contribution in [3.05, 3.63) is 89.5 Å². The van der Waals surface area contributed by atoms with Crippen molar-refractivity contribution in [2.45, 2.75) is 13.3 Å². The molecule has 0 radical (unpaired) electrons. The fourth-order valence-corrected chi connectivity index (χ4v) is 2.62. The Labute approximate surface area is 162 Å². The number of carbonyl (C=O) groups is 2. The van der Waals surface area contributed by atoms with Gasteiger partial charge in [0.05, 0.1) is 11.9 Å². The molecule has 0 unspecified atom stereocenters. The number of Topliss-reactive ketones (excluding diaryl/α,β-unsaturated/α-hetero) is 1. The number of benzene rings is 2. The minimum absolute atomic E-state index is 0.0259. The summed E-state index contributed by atoms with van der Waals surface area (Å²) in [6.45, 7) is 2.16. The Morgan fingerprint density at radius 2 is 1.61 bits per heavy atom. The smallest absolute Gasteiger partial charge is 0.274 e. The van der Waals surface area contributed by atoms with Gasteiger partial charge in [0.2, 0.25) is 0 Å². The molecule has 3 rings (SSSR count). The van der Waals surface area contributed by atoms with E-state index in [2.05, 4.69) is 15.6 Å². The number of hydrogen-bond donors (Lipinski definition) is 2. The molecular formula is C22H20FN3O2. The predicted octanol–water partition coefficient (Wildman–Crippen LogP) is 4.33. The van der Waals surface area contributed by atoms with Crippen LogP contribution in [0.3, 0.4) is 0 Å². The summed E-state index contributed by atoms with van der Waals surface area (Å²) in [5.41, 5.74) is 3.31. The molecule has 3 aromatic rings. The summed E-state index contributed by atoms with van der Waals surface area (Å²) in [6, 6.07) is 16.5. The molecule has 0 aliphatic carbocycles. The first-order chi connectivity index (χ1) is 13.5. The largest absolute Gasteiger partial charge is 0.383 e. The molecule has 2 aromatic carbocycles. The van der Waals surface area contributed by atoms with E-state index in [1.807, 2.05) is 0 Å². The zero-order chi connectivity index (χ0) is 19.9. The standard InChI is InChI=1S/C22H20FN3O2/c1-15(27)17-4-8-19(9-5-17)26-22(28)21-11-10-20(14-25-21)24-13-12-16-2-6-18(23)7-3-16/h2-11,14,24H,12-13H2,1H3,(H,26,28). The molecule has 142 valence electrons. The fraction of sp³-hybridized carbons (Fsp3) is 0.136. The maximum Gasteiger partial charge on any atom is 0.274 e. The molecule has 0 saturated carbocycles. The van der Waals surface area contributed by atoms with Crippen molar-refractivity contribution in [1.82, 2.24) is 4.98 Å². The van der Waals surface area contributed by atoms with Crippen LogP contribution in [-0.4, -0.2) is 23.2 Å². The summed E-state index contributed by atoms with van der Waals surface area (Å²) in [4.78, 5) is 27.7.